The summed E-state index contributed by atoms with van der Waals surface area (Å²) in [6.45, 7) is 0.859. The highest BCUT2D eigenvalue weighted by Crippen LogP contribution is 2.34. The molecule has 5 nitrogen and oxygen atoms in total. The number of nitriles is 1. The molecule has 0 radical (unpaired) electrons. The van der Waals surface area contributed by atoms with Gasteiger partial charge in [-0.1, -0.05) is 0 Å². The van der Waals surface area contributed by atoms with E-state index in [0.717, 1.165) is 12.1 Å². The first kappa shape index (κ1) is 18.1. The molecule has 1 saturated heterocycles. The van der Waals surface area contributed by atoms with Crippen LogP contribution in [0.5, 0.6) is 0 Å². The van der Waals surface area contributed by atoms with Crippen molar-refractivity contribution in [2.24, 2.45) is 5.92 Å². The van der Waals surface area contributed by atoms with Crippen LogP contribution in [0.2, 0.25) is 0 Å². The second kappa shape index (κ2) is 7.09. The average molecular weight is 342 g/mol. The van der Waals surface area contributed by atoms with Gasteiger partial charge in [-0.15, -0.1) is 0 Å². The van der Waals surface area contributed by atoms with Gasteiger partial charge in [0.2, 0.25) is 0 Å². The van der Waals surface area contributed by atoms with Crippen molar-refractivity contribution in [2.75, 3.05) is 25.1 Å². The van der Waals surface area contributed by atoms with Crippen LogP contribution in [0.25, 0.3) is 0 Å². The van der Waals surface area contributed by atoms with Crippen LogP contribution in [0.15, 0.2) is 18.2 Å². The van der Waals surface area contributed by atoms with Crippen LogP contribution in [0.3, 0.4) is 0 Å². The molecule has 1 aromatic carbocycles. The Kier molecular flexibility index (Phi) is 5.34. The molecule has 1 aromatic rings. The highest BCUT2D eigenvalue weighted by molar-refractivity contribution is 5.74. The molecule has 8 heteroatoms. The van der Waals surface area contributed by atoms with Crippen LogP contribution in [-0.4, -0.2) is 37.4 Å². The summed E-state index contributed by atoms with van der Waals surface area (Å²) in [6, 6.07) is 4.88. The van der Waals surface area contributed by atoms with E-state index in [0.29, 0.717) is 31.6 Å². The number of hydrogen-bond donors (Lipinski definition) is 1. The molecular formula is C16H17F3N2O3. The Hall–Kier alpha value is -2.27. The van der Waals surface area contributed by atoms with Gasteiger partial charge >= 0.3 is 12.1 Å². The van der Waals surface area contributed by atoms with E-state index in [-0.39, 0.29) is 11.5 Å². The molecule has 0 amide bonds. The number of alkyl halides is 3. The molecule has 1 N–H and O–H groups in total. The molecular weight excluding hydrogens is 325 g/mol. The number of nitrogens with zero attached hydrogens (tertiary/aromatic N) is 2. The number of anilines is 1. The number of piperidine rings is 1. The third-order valence-electron chi connectivity index (χ3n) is 4.21. The number of halogens is 3. The Bertz CT molecular complexity index is 647. The van der Waals surface area contributed by atoms with E-state index in [1.165, 1.54) is 13.2 Å². The summed E-state index contributed by atoms with van der Waals surface area (Å²) in [5, 5.41) is 19.0. The summed E-state index contributed by atoms with van der Waals surface area (Å²) < 4.78 is 42.7. The zero-order valence-electron chi connectivity index (χ0n) is 13.0. The van der Waals surface area contributed by atoms with E-state index in [2.05, 4.69) is 4.74 Å². The van der Waals surface area contributed by atoms with Crippen molar-refractivity contribution in [3.05, 3.63) is 29.3 Å². The Morgan fingerprint density at radius 1 is 1.42 bits per heavy atom. The maximum Gasteiger partial charge on any atom is 0.416 e. The van der Waals surface area contributed by atoms with E-state index in [4.69, 9.17) is 5.26 Å². The molecule has 0 saturated carbocycles. The van der Waals surface area contributed by atoms with Crippen molar-refractivity contribution < 1.29 is 27.8 Å². The molecule has 0 aromatic heterocycles. The molecule has 0 spiro atoms. The standard InChI is InChI=1S/C16H17F3N2O3/c1-24-15(23)14(22)10-4-6-21(7-5-10)13-3-2-12(16(17,18)19)8-11(13)9-20/h2-3,8,10,14,22H,4-7H2,1H3/t14-/m0/s1. The van der Waals surface area contributed by atoms with Crippen molar-refractivity contribution >= 4 is 11.7 Å². The monoisotopic (exact) mass is 342 g/mol. The number of ether oxygens (including phenoxy) is 1. The second-order valence-electron chi connectivity index (χ2n) is 5.63. The summed E-state index contributed by atoms with van der Waals surface area (Å²) in [5.41, 5.74) is -0.480. The summed E-state index contributed by atoms with van der Waals surface area (Å²) >= 11 is 0. The topological polar surface area (TPSA) is 73.6 Å². The number of methoxy groups -OCH3 is 1. The van der Waals surface area contributed by atoms with Crippen molar-refractivity contribution in [1.29, 1.82) is 5.26 Å². The number of aliphatic hydroxyl groups excluding tert-OH is 1. The SMILES string of the molecule is COC(=O)[C@@H](O)C1CCN(c2ccc(C(F)(F)F)cc2C#N)CC1. The number of aliphatic hydroxyl groups is 1. The summed E-state index contributed by atoms with van der Waals surface area (Å²) in [7, 11) is 1.20. The van der Waals surface area contributed by atoms with Gasteiger partial charge in [-0.05, 0) is 37.0 Å². The molecule has 0 unspecified atom stereocenters. The maximum atomic E-state index is 12.7. The fourth-order valence-electron chi connectivity index (χ4n) is 2.85. The zero-order valence-corrected chi connectivity index (χ0v) is 13.0. The lowest BCUT2D eigenvalue weighted by molar-refractivity contribution is -0.153. The average Bonchev–Trinajstić information content (AvgIpc) is 2.59. The molecule has 0 bridgehead atoms. The smallest absolute Gasteiger partial charge is 0.416 e. The van der Waals surface area contributed by atoms with Crippen LogP contribution < -0.4 is 4.90 Å². The van der Waals surface area contributed by atoms with Crippen LogP contribution in [0, 0.1) is 17.2 Å². The molecule has 1 heterocycles. The number of carbonyl (C=O) groups excluding carboxylic acids is 1. The summed E-state index contributed by atoms with van der Waals surface area (Å²) in [5.74, 6) is -0.964. The molecule has 0 aliphatic carbocycles. The van der Waals surface area contributed by atoms with E-state index in [9.17, 15) is 23.1 Å². The predicted octanol–water partition coefficient (Wildman–Crippen LogP) is 2.33. The highest BCUT2D eigenvalue weighted by atomic mass is 19.4. The Labute approximate surface area is 137 Å². The minimum atomic E-state index is -4.50. The van der Waals surface area contributed by atoms with Gasteiger partial charge in [-0.2, -0.15) is 18.4 Å². The van der Waals surface area contributed by atoms with Crippen molar-refractivity contribution in [3.8, 4) is 6.07 Å². The molecule has 24 heavy (non-hydrogen) atoms. The third-order valence-corrected chi connectivity index (χ3v) is 4.21. The van der Waals surface area contributed by atoms with E-state index in [1.807, 2.05) is 0 Å². The quantitative estimate of drug-likeness (QED) is 0.854. The van der Waals surface area contributed by atoms with Crippen LogP contribution in [0.4, 0.5) is 18.9 Å². The first-order chi connectivity index (χ1) is 11.3. The number of benzene rings is 1. The molecule has 130 valence electrons. The van der Waals surface area contributed by atoms with Crippen LogP contribution in [0.1, 0.15) is 24.0 Å². The van der Waals surface area contributed by atoms with Gasteiger partial charge in [0.15, 0.2) is 6.10 Å². The largest absolute Gasteiger partial charge is 0.467 e. The van der Waals surface area contributed by atoms with E-state index >= 15 is 0 Å². The van der Waals surface area contributed by atoms with Gasteiger partial charge in [0.25, 0.3) is 0 Å². The Balaban J connectivity index is 2.12. The van der Waals surface area contributed by atoms with Gasteiger partial charge in [0, 0.05) is 13.1 Å². The van der Waals surface area contributed by atoms with Gasteiger partial charge in [-0.25, -0.2) is 4.79 Å². The molecule has 1 fully saturated rings. The minimum Gasteiger partial charge on any atom is -0.467 e. The van der Waals surface area contributed by atoms with Gasteiger partial charge in [0.1, 0.15) is 6.07 Å². The second-order valence-corrected chi connectivity index (χ2v) is 5.63. The van der Waals surface area contributed by atoms with Gasteiger partial charge in [-0.3, -0.25) is 0 Å². The number of hydrogen-bond acceptors (Lipinski definition) is 5. The van der Waals surface area contributed by atoms with E-state index in [1.54, 1.807) is 11.0 Å². The Morgan fingerprint density at radius 2 is 2.04 bits per heavy atom. The predicted molar refractivity (Wildman–Crippen MR) is 79.1 cm³/mol. The van der Waals surface area contributed by atoms with Gasteiger partial charge < -0.3 is 14.7 Å². The fourth-order valence-corrected chi connectivity index (χ4v) is 2.85. The fraction of sp³-hybridized carbons (Fsp3) is 0.500. The van der Waals surface area contributed by atoms with Gasteiger partial charge in [0.05, 0.1) is 23.9 Å². The van der Waals surface area contributed by atoms with Crippen molar-refractivity contribution in [2.45, 2.75) is 25.1 Å². The summed E-state index contributed by atoms with van der Waals surface area (Å²) in [4.78, 5) is 13.1. The lowest BCUT2D eigenvalue weighted by atomic mass is 9.90. The maximum absolute atomic E-state index is 12.7. The third kappa shape index (κ3) is 3.79. The molecule has 1 aliphatic rings. The number of rotatable bonds is 3. The lowest BCUT2D eigenvalue weighted by Gasteiger charge is -2.35. The normalized spacial score (nSPS) is 17.2. The lowest BCUT2D eigenvalue weighted by Crippen LogP contribution is -2.41. The Morgan fingerprint density at radius 3 is 2.54 bits per heavy atom. The van der Waals surface area contributed by atoms with E-state index < -0.39 is 23.8 Å². The van der Waals surface area contributed by atoms with Crippen molar-refractivity contribution in [1.82, 2.24) is 0 Å². The molecule has 1 atom stereocenters. The minimum absolute atomic E-state index is 0.0446. The molecule has 2 rings (SSSR count). The van der Waals surface area contributed by atoms with Crippen LogP contribution >= 0.6 is 0 Å². The molecule has 1 aliphatic heterocycles. The van der Waals surface area contributed by atoms with Crippen LogP contribution in [-0.2, 0) is 15.7 Å². The summed E-state index contributed by atoms with van der Waals surface area (Å²) in [6.07, 6.45) is -4.76. The van der Waals surface area contributed by atoms with Crippen molar-refractivity contribution in [3.63, 3.8) is 0 Å². The zero-order chi connectivity index (χ0) is 17.9. The number of esters is 1. The highest BCUT2D eigenvalue weighted by Gasteiger charge is 2.33. The first-order valence-electron chi connectivity index (χ1n) is 7.40. The first-order valence-corrected chi connectivity index (χ1v) is 7.40. The number of carbonyl (C=O) groups is 1.